The number of rotatable bonds is 3. The van der Waals surface area contributed by atoms with Crippen molar-refractivity contribution in [3.63, 3.8) is 0 Å². The van der Waals surface area contributed by atoms with Gasteiger partial charge in [-0.15, -0.1) is 11.3 Å². The second-order valence-electron chi connectivity index (χ2n) is 3.23. The Balaban J connectivity index is 0.000000184. The molecule has 6 heteroatoms. The molecule has 96 valence electrons. The van der Waals surface area contributed by atoms with Crippen molar-refractivity contribution in [3.8, 4) is 0 Å². The van der Waals surface area contributed by atoms with Crippen LogP contribution in [0.15, 0.2) is 28.3 Å². The molecule has 0 spiro atoms. The summed E-state index contributed by atoms with van der Waals surface area (Å²) in [4.78, 5) is 21.5. The van der Waals surface area contributed by atoms with Crippen LogP contribution in [0.1, 0.15) is 32.5 Å². The summed E-state index contributed by atoms with van der Waals surface area (Å²) in [7, 11) is 0. The molecule has 0 aliphatic heterocycles. The number of aromatic carboxylic acids is 2. The summed E-state index contributed by atoms with van der Waals surface area (Å²) in [6.45, 7) is 1.96. The molecule has 18 heavy (non-hydrogen) atoms. The first-order chi connectivity index (χ1) is 8.56. The maximum Gasteiger partial charge on any atom is 0.336 e. The number of hydrogen-bond acceptors (Lipinski definition) is 4. The number of carbonyl (C=O) groups is 2. The van der Waals surface area contributed by atoms with E-state index >= 15 is 0 Å². The van der Waals surface area contributed by atoms with Crippen LogP contribution in [-0.4, -0.2) is 22.2 Å². The van der Waals surface area contributed by atoms with Gasteiger partial charge in [0.05, 0.1) is 11.1 Å². The summed E-state index contributed by atoms with van der Waals surface area (Å²) in [6, 6.07) is 3.22. The zero-order valence-electron chi connectivity index (χ0n) is 9.62. The van der Waals surface area contributed by atoms with E-state index < -0.39 is 11.9 Å². The Bertz CT molecular complexity index is 514. The lowest BCUT2D eigenvalue weighted by molar-refractivity contribution is 0.0686. The van der Waals surface area contributed by atoms with Gasteiger partial charge in [0, 0.05) is 10.3 Å². The fourth-order valence-corrected chi connectivity index (χ4v) is 2.64. The molecule has 2 heterocycles. The zero-order chi connectivity index (χ0) is 13.5. The summed E-state index contributed by atoms with van der Waals surface area (Å²) in [5.74, 6) is -1.68. The minimum absolute atomic E-state index is 0.370. The van der Waals surface area contributed by atoms with Crippen molar-refractivity contribution >= 4 is 34.6 Å². The summed E-state index contributed by atoms with van der Waals surface area (Å²) in [6.07, 6.45) is 0.805. The van der Waals surface area contributed by atoms with E-state index in [9.17, 15) is 9.59 Å². The highest BCUT2D eigenvalue weighted by atomic mass is 32.1. The van der Waals surface area contributed by atoms with Crippen LogP contribution >= 0.6 is 22.7 Å². The SMILES string of the molecule is CCc1sccc1C(=O)O.O=C(O)c1ccsc1. The summed E-state index contributed by atoms with van der Waals surface area (Å²) < 4.78 is 0. The molecule has 0 saturated carbocycles. The monoisotopic (exact) mass is 284 g/mol. The second kappa shape index (κ2) is 6.93. The van der Waals surface area contributed by atoms with E-state index in [4.69, 9.17) is 10.2 Å². The van der Waals surface area contributed by atoms with Gasteiger partial charge >= 0.3 is 11.9 Å². The minimum Gasteiger partial charge on any atom is -0.478 e. The lowest BCUT2D eigenvalue weighted by atomic mass is 10.2. The molecule has 0 aliphatic rings. The van der Waals surface area contributed by atoms with Gasteiger partial charge in [0.25, 0.3) is 0 Å². The number of thiophene rings is 2. The van der Waals surface area contributed by atoms with E-state index in [1.165, 1.54) is 22.7 Å². The molecule has 0 bridgehead atoms. The molecule has 0 aromatic carbocycles. The van der Waals surface area contributed by atoms with Crippen molar-refractivity contribution < 1.29 is 19.8 Å². The highest BCUT2D eigenvalue weighted by Gasteiger charge is 2.08. The van der Waals surface area contributed by atoms with Gasteiger partial charge in [-0.1, -0.05) is 6.92 Å². The molecule has 2 aromatic rings. The third-order valence-electron chi connectivity index (χ3n) is 2.07. The van der Waals surface area contributed by atoms with E-state index in [-0.39, 0.29) is 0 Å². The van der Waals surface area contributed by atoms with E-state index in [2.05, 4.69) is 0 Å². The maximum atomic E-state index is 10.4. The second-order valence-corrected chi connectivity index (χ2v) is 5.01. The Hall–Kier alpha value is -1.66. The molecule has 0 atom stereocenters. The smallest absolute Gasteiger partial charge is 0.336 e. The van der Waals surface area contributed by atoms with Gasteiger partial charge in [-0.05, 0) is 29.3 Å². The van der Waals surface area contributed by atoms with E-state index in [1.54, 1.807) is 22.9 Å². The van der Waals surface area contributed by atoms with Crippen molar-refractivity contribution in [2.45, 2.75) is 13.3 Å². The zero-order valence-corrected chi connectivity index (χ0v) is 11.3. The predicted molar refractivity (Wildman–Crippen MR) is 71.9 cm³/mol. The Morgan fingerprint density at radius 2 is 1.89 bits per heavy atom. The third-order valence-corrected chi connectivity index (χ3v) is 3.81. The van der Waals surface area contributed by atoms with Crippen LogP contribution in [-0.2, 0) is 6.42 Å². The molecular formula is C12H12O4S2. The molecular weight excluding hydrogens is 272 g/mol. The van der Waals surface area contributed by atoms with Gasteiger partial charge in [-0.3, -0.25) is 0 Å². The molecule has 0 saturated heterocycles. The Kier molecular flexibility index (Phi) is 5.54. The number of hydrogen-bond donors (Lipinski definition) is 2. The van der Waals surface area contributed by atoms with Crippen molar-refractivity contribution in [1.29, 1.82) is 0 Å². The molecule has 2 N–H and O–H groups in total. The van der Waals surface area contributed by atoms with Crippen LogP contribution in [0, 0.1) is 0 Å². The van der Waals surface area contributed by atoms with Crippen molar-refractivity contribution in [2.24, 2.45) is 0 Å². The van der Waals surface area contributed by atoms with Gasteiger partial charge in [-0.2, -0.15) is 11.3 Å². The molecule has 0 radical (unpaired) electrons. The molecule has 0 amide bonds. The van der Waals surface area contributed by atoms with Crippen LogP contribution in [0.2, 0.25) is 0 Å². The molecule has 2 rings (SSSR count). The van der Waals surface area contributed by atoms with Gasteiger partial charge in [0.15, 0.2) is 0 Å². The number of aryl methyl sites for hydroxylation is 1. The fraction of sp³-hybridized carbons (Fsp3) is 0.167. The average Bonchev–Trinajstić information content (AvgIpc) is 3.01. The minimum atomic E-state index is -0.855. The first-order valence-electron chi connectivity index (χ1n) is 5.11. The Morgan fingerprint density at radius 1 is 1.17 bits per heavy atom. The highest BCUT2D eigenvalue weighted by molar-refractivity contribution is 7.10. The molecule has 4 nitrogen and oxygen atoms in total. The molecule has 2 aromatic heterocycles. The quantitative estimate of drug-likeness (QED) is 0.905. The fourth-order valence-electron chi connectivity index (χ4n) is 1.19. The van der Waals surface area contributed by atoms with E-state index in [1.807, 2.05) is 12.3 Å². The van der Waals surface area contributed by atoms with Gasteiger partial charge in [0.2, 0.25) is 0 Å². The molecule has 0 unspecified atom stereocenters. The van der Waals surface area contributed by atoms with Crippen LogP contribution < -0.4 is 0 Å². The van der Waals surface area contributed by atoms with Gasteiger partial charge < -0.3 is 10.2 Å². The van der Waals surface area contributed by atoms with Crippen LogP contribution in [0.3, 0.4) is 0 Å². The lowest BCUT2D eigenvalue weighted by Crippen LogP contribution is -1.96. The molecule has 0 fully saturated rings. The van der Waals surface area contributed by atoms with E-state index in [0.717, 1.165) is 11.3 Å². The third kappa shape index (κ3) is 3.97. The summed E-state index contributed by atoms with van der Waals surface area (Å²) >= 11 is 2.88. The average molecular weight is 284 g/mol. The summed E-state index contributed by atoms with van der Waals surface area (Å²) in [5.41, 5.74) is 0.822. The highest BCUT2D eigenvalue weighted by Crippen LogP contribution is 2.16. The van der Waals surface area contributed by atoms with Crippen LogP contribution in [0.5, 0.6) is 0 Å². The largest absolute Gasteiger partial charge is 0.478 e. The number of carboxylic acid groups (broad SMARTS) is 2. The maximum absolute atomic E-state index is 10.4. The van der Waals surface area contributed by atoms with Gasteiger partial charge in [0.1, 0.15) is 0 Å². The normalized spacial score (nSPS) is 9.39. The van der Waals surface area contributed by atoms with Crippen molar-refractivity contribution in [3.05, 3.63) is 44.3 Å². The predicted octanol–water partition coefficient (Wildman–Crippen LogP) is 3.46. The van der Waals surface area contributed by atoms with Crippen molar-refractivity contribution in [1.82, 2.24) is 0 Å². The lowest BCUT2D eigenvalue weighted by Gasteiger charge is -1.91. The Morgan fingerprint density at radius 3 is 2.22 bits per heavy atom. The Labute approximate surface area is 112 Å². The van der Waals surface area contributed by atoms with Crippen LogP contribution in [0.4, 0.5) is 0 Å². The number of carboxylic acids is 2. The topological polar surface area (TPSA) is 74.6 Å². The first-order valence-corrected chi connectivity index (χ1v) is 6.93. The first kappa shape index (κ1) is 14.4. The summed E-state index contributed by atoms with van der Waals surface area (Å²) in [5, 5.41) is 22.0. The van der Waals surface area contributed by atoms with Gasteiger partial charge in [-0.25, -0.2) is 9.59 Å². The van der Waals surface area contributed by atoms with Crippen LogP contribution in [0.25, 0.3) is 0 Å². The van der Waals surface area contributed by atoms with E-state index in [0.29, 0.717) is 11.1 Å². The van der Waals surface area contributed by atoms with Crippen molar-refractivity contribution in [2.75, 3.05) is 0 Å². The molecule has 0 aliphatic carbocycles. The standard InChI is InChI=1S/C7H8O2S.C5H4O2S/c1-2-6-5(7(8)9)3-4-10-6;6-5(7)4-1-2-8-3-4/h3-4H,2H2,1H3,(H,8,9);1-3H,(H,6,7).